The zero-order valence-electron chi connectivity index (χ0n) is 13.9. The van der Waals surface area contributed by atoms with E-state index in [1.807, 2.05) is 6.92 Å². The van der Waals surface area contributed by atoms with E-state index in [0.29, 0.717) is 34.9 Å². The van der Waals surface area contributed by atoms with Crippen molar-refractivity contribution in [2.24, 2.45) is 0 Å². The van der Waals surface area contributed by atoms with Crippen LogP contribution in [0.5, 0.6) is 0 Å². The third-order valence-corrected chi connectivity index (χ3v) is 5.77. The summed E-state index contributed by atoms with van der Waals surface area (Å²) in [6, 6.07) is 0. The van der Waals surface area contributed by atoms with E-state index in [0.717, 1.165) is 18.4 Å². The van der Waals surface area contributed by atoms with Gasteiger partial charge in [-0.15, -0.1) is 11.3 Å². The van der Waals surface area contributed by atoms with Gasteiger partial charge in [-0.1, -0.05) is 0 Å². The van der Waals surface area contributed by atoms with Crippen molar-refractivity contribution in [3.63, 3.8) is 0 Å². The average Bonchev–Trinajstić information content (AvgIpc) is 3.19. The standard InChI is InChI=1S/C16H22N2O5S/c1-10-12(9-19)24-15-13(10)14(20)18(8-11-4-3-6-23-11)16(21)17(15)5-7-22-2/h11,19H,3-9H2,1-2H3. The highest BCUT2D eigenvalue weighted by Crippen LogP contribution is 2.27. The molecule has 7 nitrogen and oxygen atoms in total. The molecule has 1 fully saturated rings. The normalized spacial score (nSPS) is 17.9. The first-order valence-corrected chi connectivity index (χ1v) is 8.87. The van der Waals surface area contributed by atoms with Crippen LogP contribution in [0.2, 0.25) is 0 Å². The van der Waals surface area contributed by atoms with Gasteiger partial charge in [0.05, 0.1) is 37.8 Å². The molecule has 3 heterocycles. The second-order valence-corrected chi connectivity index (χ2v) is 7.05. The Balaban J connectivity index is 2.21. The SMILES string of the molecule is COCCn1c(=O)n(CC2CCCO2)c(=O)c2c(C)c(CO)sc21. The molecule has 0 amide bonds. The van der Waals surface area contributed by atoms with Crippen molar-refractivity contribution in [1.29, 1.82) is 0 Å². The van der Waals surface area contributed by atoms with Gasteiger partial charge in [0.25, 0.3) is 5.56 Å². The number of aliphatic hydroxyl groups is 1. The van der Waals surface area contributed by atoms with E-state index in [-0.39, 0.29) is 30.5 Å². The summed E-state index contributed by atoms with van der Waals surface area (Å²) in [5, 5.41) is 10.0. The van der Waals surface area contributed by atoms with Gasteiger partial charge in [0.1, 0.15) is 4.83 Å². The van der Waals surface area contributed by atoms with Crippen LogP contribution in [0.1, 0.15) is 23.3 Å². The van der Waals surface area contributed by atoms with E-state index in [2.05, 4.69) is 0 Å². The lowest BCUT2D eigenvalue weighted by molar-refractivity contribution is 0.0946. The molecule has 3 rings (SSSR count). The van der Waals surface area contributed by atoms with Gasteiger partial charge in [-0.3, -0.25) is 13.9 Å². The molecule has 132 valence electrons. The summed E-state index contributed by atoms with van der Waals surface area (Å²) in [5.74, 6) is 0. The monoisotopic (exact) mass is 354 g/mol. The molecular formula is C16H22N2O5S. The summed E-state index contributed by atoms with van der Waals surface area (Å²) in [4.78, 5) is 27.1. The van der Waals surface area contributed by atoms with Crippen LogP contribution in [0.3, 0.4) is 0 Å². The Morgan fingerprint density at radius 1 is 1.38 bits per heavy atom. The molecule has 2 aromatic heterocycles. The van der Waals surface area contributed by atoms with Gasteiger partial charge in [0.2, 0.25) is 0 Å². The summed E-state index contributed by atoms with van der Waals surface area (Å²) >= 11 is 1.29. The summed E-state index contributed by atoms with van der Waals surface area (Å²) in [6.45, 7) is 3.35. The molecule has 1 unspecified atom stereocenters. The molecular weight excluding hydrogens is 332 g/mol. The Labute approximate surface area is 143 Å². The number of hydrogen-bond donors (Lipinski definition) is 1. The smallest absolute Gasteiger partial charge is 0.332 e. The van der Waals surface area contributed by atoms with Crippen LogP contribution < -0.4 is 11.2 Å². The maximum Gasteiger partial charge on any atom is 0.332 e. The number of methoxy groups -OCH3 is 1. The van der Waals surface area contributed by atoms with E-state index in [1.54, 1.807) is 11.7 Å². The van der Waals surface area contributed by atoms with Crippen LogP contribution in [0.25, 0.3) is 10.2 Å². The minimum atomic E-state index is -0.342. The number of aliphatic hydroxyl groups excluding tert-OH is 1. The van der Waals surface area contributed by atoms with Crippen molar-refractivity contribution < 1.29 is 14.6 Å². The zero-order valence-corrected chi connectivity index (χ0v) is 14.7. The van der Waals surface area contributed by atoms with Crippen LogP contribution in [0.4, 0.5) is 0 Å². The first-order valence-electron chi connectivity index (χ1n) is 8.05. The second-order valence-electron chi connectivity index (χ2n) is 5.97. The third kappa shape index (κ3) is 2.95. The van der Waals surface area contributed by atoms with Crippen molar-refractivity contribution in [2.45, 2.75) is 45.6 Å². The molecule has 1 aliphatic heterocycles. The zero-order chi connectivity index (χ0) is 17.3. The number of fused-ring (bicyclic) bond motifs is 1. The lowest BCUT2D eigenvalue weighted by Gasteiger charge is -2.14. The van der Waals surface area contributed by atoms with Crippen LogP contribution >= 0.6 is 11.3 Å². The molecule has 0 aromatic carbocycles. The topological polar surface area (TPSA) is 82.7 Å². The predicted octanol–water partition coefficient (Wildman–Crippen LogP) is 0.851. The predicted molar refractivity (Wildman–Crippen MR) is 91.9 cm³/mol. The Hall–Kier alpha value is -1.48. The largest absolute Gasteiger partial charge is 0.391 e. The van der Waals surface area contributed by atoms with Gasteiger partial charge >= 0.3 is 5.69 Å². The Morgan fingerprint density at radius 2 is 2.17 bits per heavy atom. The van der Waals surface area contributed by atoms with Gasteiger partial charge < -0.3 is 14.6 Å². The molecule has 0 spiro atoms. The minimum absolute atomic E-state index is 0.0972. The van der Waals surface area contributed by atoms with Gasteiger partial charge in [-0.2, -0.15) is 0 Å². The molecule has 8 heteroatoms. The molecule has 0 radical (unpaired) electrons. The second kappa shape index (κ2) is 7.18. The molecule has 0 aliphatic carbocycles. The molecule has 1 aliphatic rings. The van der Waals surface area contributed by atoms with Crippen molar-refractivity contribution in [3.8, 4) is 0 Å². The fourth-order valence-electron chi connectivity index (χ4n) is 3.12. The molecule has 2 aromatic rings. The average molecular weight is 354 g/mol. The Bertz CT molecular complexity index is 845. The van der Waals surface area contributed by atoms with Crippen LogP contribution in [0.15, 0.2) is 9.59 Å². The summed E-state index contributed by atoms with van der Waals surface area (Å²) in [6.07, 6.45) is 1.71. The quantitative estimate of drug-likeness (QED) is 0.832. The number of rotatable bonds is 6. The van der Waals surface area contributed by atoms with Crippen molar-refractivity contribution in [2.75, 3.05) is 20.3 Å². The summed E-state index contributed by atoms with van der Waals surface area (Å²) in [5.41, 5.74) is 0.105. The van der Waals surface area contributed by atoms with E-state index >= 15 is 0 Å². The Kier molecular flexibility index (Phi) is 5.19. The molecule has 0 bridgehead atoms. The van der Waals surface area contributed by atoms with E-state index < -0.39 is 0 Å². The van der Waals surface area contributed by atoms with E-state index in [9.17, 15) is 14.7 Å². The number of thiophene rings is 1. The molecule has 1 N–H and O–H groups in total. The number of aryl methyl sites for hydroxylation is 1. The van der Waals surface area contributed by atoms with Crippen LogP contribution in [-0.4, -0.2) is 40.7 Å². The maximum atomic E-state index is 12.9. The van der Waals surface area contributed by atoms with Gasteiger partial charge in [0.15, 0.2) is 0 Å². The van der Waals surface area contributed by atoms with Gasteiger partial charge in [-0.05, 0) is 25.3 Å². The number of nitrogens with zero attached hydrogens (tertiary/aromatic N) is 2. The lowest BCUT2D eigenvalue weighted by Crippen LogP contribution is -2.42. The van der Waals surface area contributed by atoms with Gasteiger partial charge in [-0.25, -0.2) is 4.79 Å². The fourth-order valence-corrected chi connectivity index (χ4v) is 4.30. The highest BCUT2D eigenvalue weighted by atomic mass is 32.1. The molecule has 24 heavy (non-hydrogen) atoms. The first-order chi connectivity index (χ1) is 11.6. The lowest BCUT2D eigenvalue weighted by atomic mass is 10.2. The number of ether oxygens (including phenoxy) is 2. The highest BCUT2D eigenvalue weighted by molar-refractivity contribution is 7.18. The molecule has 1 saturated heterocycles. The van der Waals surface area contributed by atoms with E-state index in [1.165, 1.54) is 15.9 Å². The summed E-state index contributed by atoms with van der Waals surface area (Å²) in [7, 11) is 1.57. The maximum absolute atomic E-state index is 12.9. The van der Waals surface area contributed by atoms with Crippen molar-refractivity contribution in [3.05, 3.63) is 31.3 Å². The fraction of sp³-hybridized carbons (Fsp3) is 0.625. The van der Waals surface area contributed by atoms with Crippen LogP contribution in [0, 0.1) is 6.92 Å². The van der Waals surface area contributed by atoms with Crippen molar-refractivity contribution in [1.82, 2.24) is 9.13 Å². The summed E-state index contributed by atoms with van der Waals surface area (Å²) < 4.78 is 13.5. The molecule has 0 saturated carbocycles. The molecule has 1 atom stereocenters. The number of aromatic nitrogens is 2. The van der Waals surface area contributed by atoms with E-state index in [4.69, 9.17) is 9.47 Å². The van der Waals surface area contributed by atoms with Crippen molar-refractivity contribution >= 4 is 21.6 Å². The van der Waals surface area contributed by atoms with Gasteiger partial charge in [0, 0.05) is 18.6 Å². The Morgan fingerprint density at radius 3 is 2.79 bits per heavy atom. The number of hydrogen-bond acceptors (Lipinski definition) is 6. The van der Waals surface area contributed by atoms with Crippen LogP contribution in [-0.2, 0) is 29.2 Å². The minimum Gasteiger partial charge on any atom is -0.391 e. The first kappa shape index (κ1) is 17.3. The highest BCUT2D eigenvalue weighted by Gasteiger charge is 2.23. The third-order valence-electron chi connectivity index (χ3n) is 4.47.